The highest BCUT2D eigenvalue weighted by Gasteiger charge is 2.20. The van der Waals surface area contributed by atoms with Crippen molar-refractivity contribution < 1.29 is 4.79 Å². The van der Waals surface area contributed by atoms with E-state index in [4.69, 9.17) is 0 Å². The lowest BCUT2D eigenvalue weighted by Crippen LogP contribution is -2.37. The third-order valence-electron chi connectivity index (χ3n) is 5.50. The number of nitrogens with zero attached hydrogens (tertiary/aromatic N) is 1. The van der Waals surface area contributed by atoms with Gasteiger partial charge in [-0.15, -0.1) is 11.3 Å². The summed E-state index contributed by atoms with van der Waals surface area (Å²) in [6, 6.07) is 9.06. The number of hydrogen-bond donors (Lipinski definition) is 2. The molecule has 2 aromatic heterocycles. The van der Waals surface area contributed by atoms with Crippen LogP contribution in [0.3, 0.4) is 0 Å². The summed E-state index contributed by atoms with van der Waals surface area (Å²) < 4.78 is 1.73. The highest BCUT2D eigenvalue weighted by atomic mass is 32.1. The largest absolute Gasteiger partial charge is 0.349 e. The van der Waals surface area contributed by atoms with Crippen molar-refractivity contribution in [2.45, 2.75) is 45.2 Å². The van der Waals surface area contributed by atoms with E-state index in [0.717, 1.165) is 37.2 Å². The fourth-order valence-corrected chi connectivity index (χ4v) is 4.53. The molecule has 3 aromatic rings. The van der Waals surface area contributed by atoms with Crippen LogP contribution in [-0.4, -0.2) is 21.5 Å². The number of H-pyrrole nitrogens is 1. The van der Waals surface area contributed by atoms with Crippen molar-refractivity contribution in [2.24, 2.45) is 5.92 Å². The molecule has 1 aromatic carbocycles. The Morgan fingerprint density at radius 1 is 1.14 bits per heavy atom. The molecule has 0 unspecified atom stereocenters. The van der Waals surface area contributed by atoms with Gasteiger partial charge in [-0.25, -0.2) is 4.79 Å². The van der Waals surface area contributed by atoms with E-state index in [0.29, 0.717) is 15.8 Å². The Labute approximate surface area is 166 Å². The molecule has 1 aliphatic rings. The van der Waals surface area contributed by atoms with Crippen LogP contribution in [0.4, 0.5) is 0 Å². The van der Waals surface area contributed by atoms with Gasteiger partial charge in [0.15, 0.2) is 0 Å². The number of amides is 1. The summed E-state index contributed by atoms with van der Waals surface area (Å²) in [7, 11) is 0. The molecule has 1 aliphatic carbocycles. The average molecular weight is 398 g/mol. The molecule has 146 valence electrons. The molecule has 0 saturated heterocycles. The molecule has 1 fully saturated rings. The lowest BCUT2D eigenvalue weighted by Gasteiger charge is -2.26. The molecule has 2 N–H and O–H groups in total. The number of aromatic amines is 1. The molecule has 0 bridgehead atoms. The quantitative estimate of drug-likeness (QED) is 0.709. The Balaban J connectivity index is 1.47. The Kier molecular flexibility index (Phi) is 5.17. The van der Waals surface area contributed by atoms with Crippen LogP contribution in [0.1, 0.15) is 48.5 Å². The molecule has 7 heteroatoms. The number of thiophene rings is 1. The lowest BCUT2D eigenvalue weighted by atomic mass is 9.87. The minimum absolute atomic E-state index is 0.0684. The normalized spacial score (nSPS) is 19.6. The zero-order valence-corrected chi connectivity index (χ0v) is 16.6. The Bertz CT molecular complexity index is 1100. The third-order valence-corrected chi connectivity index (χ3v) is 6.40. The van der Waals surface area contributed by atoms with Gasteiger partial charge in [-0.1, -0.05) is 19.1 Å². The average Bonchev–Trinajstić information content (AvgIpc) is 3.16. The van der Waals surface area contributed by atoms with Gasteiger partial charge in [0.2, 0.25) is 0 Å². The first-order valence-electron chi connectivity index (χ1n) is 9.61. The minimum atomic E-state index is -0.427. The molecule has 1 saturated carbocycles. The summed E-state index contributed by atoms with van der Waals surface area (Å²) in [5.41, 5.74) is 1.25. The van der Waals surface area contributed by atoms with E-state index in [1.165, 1.54) is 15.9 Å². The number of fused-ring (bicyclic) bond motifs is 1. The molecule has 4 rings (SSSR count). The zero-order valence-electron chi connectivity index (χ0n) is 15.7. The highest BCUT2D eigenvalue weighted by molar-refractivity contribution is 7.17. The standard InChI is InChI=1S/C21H23N3O3S/c1-13-2-8-16(9-3-13)22-19(25)15-6-4-14(5-7-15)12-24-20(26)18-17(10-11-28-18)23-21(24)27/h4-7,10-11,13,16H,2-3,8-9,12H2,1H3,(H,22,25)(H,23,27). The van der Waals surface area contributed by atoms with Gasteiger partial charge < -0.3 is 10.3 Å². The van der Waals surface area contributed by atoms with Gasteiger partial charge >= 0.3 is 5.69 Å². The molecule has 0 aliphatic heterocycles. The molecule has 2 heterocycles. The number of aromatic nitrogens is 2. The van der Waals surface area contributed by atoms with E-state index in [1.807, 2.05) is 0 Å². The molecule has 28 heavy (non-hydrogen) atoms. The monoisotopic (exact) mass is 397 g/mol. The maximum Gasteiger partial charge on any atom is 0.329 e. The van der Waals surface area contributed by atoms with Crippen LogP contribution >= 0.6 is 11.3 Å². The van der Waals surface area contributed by atoms with Crippen molar-refractivity contribution in [1.82, 2.24) is 14.9 Å². The minimum Gasteiger partial charge on any atom is -0.349 e. The number of hydrogen-bond acceptors (Lipinski definition) is 4. The van der Waals surface area contributed by atoms with Gasteiger partial charge in [0, 0.05) is 11.6 Å². The van der Waals surface area contributed by atoms with Crippen LogP contribution in [0.5, 0.6) is 0 Å². The van der Waals surface area contributed by atoms with Gasteiger partial charge in [0.1, 0.15) is 4.70 Å². The van der Waals surface area contributed by atoms with Crippen LogP contribution in [0.25, 0.3) is 10.2 Å². The van der Waals surface area contributed by atoms with Crippen molar-refractivity contribution >= 4 is 27.5 Å². The van der Waals surface area contributed by atoms with Gasteiger partial charge in [-0.2, -0.15) is 0 Å². The Hall–Kier alpha value is -2.67. The summed E-state index contributed by atoms with van der Waals surface area (Å²) in [5.74, 6) is 0.675. The van der Waals surface area contributed by atoms with E-state index in [1.54, 1.807) is 35.7 Å². The smallest absolute Gasteiger partial charge is 0.329 e. The molecule has 0 atom stereocenters. The summed E-state index contributed by atoms with van der Waals surface area (Å²) in [4.78, 5) is 39.9. The van der Waals surface area contributed by atoms with E-state index in [9.17, 15) is 14.4 Å². The van der Waals surface area contributed by atoms with Crippen LogP contribution in [0.15, 0.2) is 45.3 Å². The summed E-state index contributed by atoms with van der Waals surface area (Å²) in [6.07, 6.45) is 4.37. The topological polar surface area (TPSA) is 84.0 Å². The summed E-state index contributed by atoms with van der Waals surface area (Å²) >= 11 is 1.31. The SMILES string of the molecule is CC1CCC(NC(=O)c2ccc(Cn3c(=O)[nH]c4ccsc4c3=O)cc2)CC1. The number of benzene rings is 1. The van der Waals surface area contributed by atoms with Gasteiger partial charge in [0.05, 0.1) is 12.1 Å². The maximum absolute atomic E-state index is 12.5. The van der Waals surface area contributed by atoms with Crippen molar-refractivity contribution in [2.75, 3.05) is 0 Å². The predicted molar refractivity (Wildman–Crippen MR) is 111 cm³/mol. The second kappa shape index (κ2) is 7.75. The number of nitrogens with one attached hydrogen (secondary N) is 2. The van der Waals surface area contributed by atoms with Crippen LogP contribution in [0.2, 0.25) is 0 Å². The Morgan fingerprint density at radius 3 is 2.57 bits per heavy atom. The fraction of sp³-hybridized carbons (Fsp3) is 0.381. The maximum atomic E-state index is 12.5. The van der Waals surface area contributed by atoms with E-state index >= 15 is 0 Å². The first kappa shape index (κ1) is 18.7. The van der Waals surface area contributed by atoms with Crippen molar-refractivity contribution in [3.8, 4) is 0 Å². The van der Waals surface area contributed by atoms with E-state index in [-0.39, 0.29) is 24.1 Å². The van der Waals surface area contributed by atoms with Crippen LogP contribution in [-0.2, 0) is 6.54 Å². The number of rotatable bonds is 4. The van der Waals surface area contributed by atoms with Gasteiger partial charge in [0.25, 0.3) is 11.5 Å². The van der Waals surface area contributed by atoms with Crippen molar-refractivity contribution in [3.05, 3.63) is 67.7 Å². The third kappa shape index (κ3) is 3.80. The second-order valence-corrected chi connectivity index (χ2v) is 8.53. The van der Waals surface area contributed by atoms with Crippen LogP contribution in [0, 0.1) is 5.92 Å². The Morgan fingerprint density at radius 2 is 1.86 bits per heavy atom. The molecule has 6 nitrogen and oxygen atoms in total. The van der Waals surface area contributed by atoms with Crippen LogP contribution < -0.4 is 16.6 Å². The van der Waals surface area contributed by atoms with Crippen molar-refractivity contribution in [1.29, 1.82) is 0 Å². The van der Waals surface area contributed by atoms with Gasteiger partial charge in [-0.3, -0.25) is 14.2 Å². The first-order chi connectivity index (χ1) is 13.5. The van der Waals surface area contributed by atoms with E-state index in [2.05, 4.69) is 17.2 Å². The fourth-order valence-electron chi connectivity index (χ4n) is 3.73. The van der Waals surface area contributed by atoms with Gasteiger partial charge in [-0.05, 0) is 60.7 Å². The summed E-state index contributed by atoms with van der Waals surface area (Å²) in [6.45, 7) is 2.42. The first-order valence-corrected chi connectivity index (χ1v) is 10.5. The zero-order chi connectivity index (χ0) is 19.7. The molecule has 1 amide bonds. The van der Waals surface area contributed by atoms with Crippen molar-refractivity contribution in [3.63, 3.8) is 0 Å². The molecule has 0 radical (unpaired) electrons. The predicted octanol–water partition coefficient (Wildman–Crippen LogP) is 3.11. The molecular weight excluding hydrogens is 374 g/mol. The van der Waals surface area contributed by atoms with E-state index < -0.39 is 5.69 Å². The number of carbonyl (C=O) groups is 1. The lowest BCUT2D eigenvalue weighted by molar-refractivity contribution is 0.0923. The molecule has 0 spiro atoms. The second-order valence-electron chi connectivity index (χ2n) is 7.61. The summed E-state index contributed by atoms with van der Waals surface area (Å²) in [5, 5.41) is 4.90. The number of carbonyl (C=O) groups excluding carboxylic acids is 1. The highest BCUT2D eigenvalue weighted by Crippen LogP contribution is 2.23. The molecular formula is C21H23N3O3S.